The van der Waals surface area contributed by atoms with Gasteiger partial charge in [-0.1, -0.05) is 0 Å². The summed E-state index contributed by atoms with van der Waals surface area (Å²) in [6.45, 7) is -0.133. The molecule has 3 aromatic heterocycles. The number of aryl methyl sites for hydroxylation is 1. The fourth-order valence-corrected chi connectivity index (χ4v) is 2.28. The highest BCUT2D eigenvalue weighted by atomic mass is 16.3. The van der Waals surface area contributed by atoms with Gasteiger partial charge >= 0.3 is 0 Å². The van der Waals surface area contributed by atoms with E-state index in [1.165, 1.54) is 23.3 Å². The summed E-state index contributed by atoms with van der Waals surface area (Å²) in [4.78, 5) is 32.5. The Morgan fingerprint density at radius 1 is 1.37 bits per heavy atom. The van der Waals surface area contributed by atoms with Crippen LogP contribution in [0.5, 0.6) is 0 Å². The molecule has 0 saturated heterocycles. The monoisotopic (exact) mass is 371 g/mol. The van der Waals surface area contributed by atoms with E-state index in [9.17, 15) is 9.59 Å². The summed E-state index contributed by atoms with van der Waals surface area (Å²) in [7, 11) is 1.61. The molecule has 0 fully saturated rings. The number of rotatable bonds is 6. The predicted octanol–water partition coefficient (Wildman–Crippen LogP) is 0.0267. The lowest BCUT2D eigenvalue weighted by Crippen LogP contribution is -2.28. The lowest BCUT2D eigenvalue weighted by molar-refractivity contribution is 0.0940. The molecule has 0 saturated carbocycles. The van der Waals surface area contributed by atoms with Crippen molar-refractivity contribution >= 4 is 23.3 Å². The molecule has 0 atom stereocenters. The topological polar surface area (TPSA) is 161 Å². The van der Waals surface area contributed by atoms with Crippen molar-refractivity contribution in [2.45, 2.75) is 0 Å². The quantitative estimate of drug-likeness (QED) is 0.472. The van der Waals surface area contributed by atoms with Gasteiger partial charge in [-0.15, -0.1) is 0 Å². The van der Waals surface area contributed by atoms with Gasteiger partial charge in [0, 0.05) is 31.5 Å². The highest BCUT2D eigenvalue weighted by molar-refractivity contribution is 6.07. The maximum absolute atomic E-state index is 12.4. The van der Waals surface area contributed by atoms with Crippen LogP contribution in [0.4, 0.5) is 11.5 Å². The summed E-state index contributed by atoms with van der Waals surface area (Å²) in [6.07, 6.45) is 4.18. The number of anilines is 2. The van der Waals surface area contributed by atoms with Crippen LogP contribution >= 0.6 is 0 Å². The summed E-state index contributed by atoms with van der Waals surface area (Å²) < 4.78 is 6.70. The number of aliphatic hydroxyl groups is 1. The third-order valence-corrected chi connectivity index (χ3v) is 3.45. The zero-order valence-corrected chi connectivity index (χ0v) is 14.3. The van der Waals surface area contributed by atoms with Crippen LogP contribution in [0.25, 0.3) is 11.5 Å². The number of pyridine rings is 1. The van der Waals surface area contributed by atoms with E-state index in [0.29, 0.717) is 11.4 Å². The fraction of sp³-hybridized carbons (Fsp3) is 0.188. The average Bonchev–Trinajstić information content (AvgIpc) is 3.27. The number of nitrogens with zero attached hydrogens (tertiary/aromatic N) is 4. The minimum absolute atomic E-state index is 0.0184. The number of carbonyl (C=O) groups is 2. The Morgan fingerprint density at radius 3 is 2.93 bits per heavy atom. The highest BCUT2D eigenvalue weighted by Gasteiger charge is 2.20. The van der Waals surface area contributed by atoms with Crippen LogP contribution < -0.4 is 16.4 Å². The number of hydrogen-bond acceptors (Lipinski definition) is 8. The standard InChI is InChI=1S/C16H17N7O4/c1-23-7-10(13(22-23)15(26)19-4-5-24)20-14(25)11-8-27-16(21-11)9-2-3-18-12(17)6-9/h2-3,6-8,24H,4-5H2,1H3,(H2,17,18)(H,19,26)(H,20,25). The Balaban J connectivity index is 1.78. The molecule has 5 N–H and O–H groups in total. The molecule has 11 nitrogen and oxygen atoms in total. The summed E-state index contributed by atoms with van der Waals surface area (Å²) in [5, 5.41) is 17.9. The average molecular weight is 371 g/mol. The Bertz CT molecular complexity index is 979. The Hall–Kier alpha value is -3.73. The smallest absolute Gasteiger partial charge is 0.277 e. The van der Waals surface area contributed by atoms with Crippen molar-refractivity contribution in [1.29, 1.82) is 0 Å². The summed E-state index contributed by atoms with van der Waals surface area (Å²) in [6, 6.07) is 3.22. The number of nitrogens with two attached hydrogens (primary N) is 1. The second-order valence-corrected chi connectivity index (χ2v) is 5.51. The van der Waals surface area contributed by atoms with Crippen molar-refractivity contribution in [2.24, 2.45) is 7.05 Å². The first-order chi connectivity index (χ1) is 13.0. The minimum Gasteiger partial charge on any atom is -0.444 e. The summed E-state index contributed by atoms with van der Waals surface area (Å²) in [5.74, 6) is -0.587. The molecular weight excluding hydrogens is 354 g/mol. The van der Waals surface area contributed by atoms with E-state index in [4.69, 9.17) is 15.3 Å². The number of nitrogens with one attached hydrogen (secondary N) is 2. The van der Waals surface area contributed by atoms with E-state index >= 15 is 0 Å². The van der Waals surface area contributed by atoms with Gasteiger partial charge in [-0.25, -0.2) is 9.97 Å². The molecule has 0 unspecified atom stereocenters. The third-order valence-electron chi connectivity index (χ3n) is 3.45. The number of aromatic nitrogens is 4. The van der Waals surface area contributed by atoms with Crippen molar-refractivity contribution < 1.29 is 19.1 Å². The van der Waals surface area contributed by atoms with Crippen LogP contribution in [0.1, 0.15) is 21.0 Å². The highest BCUT2D eigenvalue weighted by Crippen LogP contribution is 2.20. The number of aliphatic hydroxyl groups excluding tert-OH is 1. The molecule has 0 radical (unpaired) electrons. The van der Waals surface area contributed by atoms with Gasteiger partial charge in [-0.2, -0.15) is 5.10 Å². The molecule has 27 heavy (non-hydrogen) atoms. The number of amides is 2. The van der Waals surface area contributed by atoms with Crippen molar-refractivity contribution in [3.8, 4) is 11.5 Å². The largest absolute Gasteiger partial charge is 0.444 e. The van der Waals surface area contributed by atoms with Gasteiger partial charge in [0.1, 0.15) is 12.1 Å². The van der Waals surface area contributed by atoms with Crippen LogP contribution in [0.3, 0.4) is 0 Å². The van der Waals surface area contributed by atoms with E-state index in [0.717, 1.165) is 0 Å². The van der Waals surface area contributed by atoms with Crippen molar-refractivity contribution in [1.82, 2.24) is 25.1 Å². The zero-order valence-electron chi connectivity index (χ0n) is 14.3. The molecule has 0 aliphatic carbocycles. The van der Waals surface area contributed by atoms with Crippen LogP contribution in [0.2, 0.25) is 0 Å². The summed E-state index contributed by atoms with van der Waals surface area (Å²) >= 11 is 0. The number of carbonyl (C=O) groups excluding carboxylic acids is 2. The number of nitrogen functional groups attached to an aromatic ring is 1. The SMILES string of the molecule is Cn1cc(NC(=O)c2coc(-c3ccnc(N)c3)n2)c(C(=O)NCCO)n1. The van der Waals surface area contributed by atoms with E-state index < -0.39 is 11.8 Å². The molecule has 3 heterocycles. The van der Waals surface area contributed by atoms with Gasteiger partial charge in [-0.05, 0) is 12.1 Å². The van der Waals surface area contributed by atoms with E-state index in [1.54, 1.807) is 19.2 Å². The van der Waals surface area contributed by atoms with E-state index in [2.05, 4.69) is 25.7 Å². The molecule has 140 valence electrons. The Kier molecular flexibility index (Phi) is 5.13. The van der Waals surface area contributed by atoms with E-state index in [-0.39, 0.29) is 36.1 Å². The molecule has 11 heteroatoms. The molecule has 3 rings (SSSR count). The minimum atomic E-state index is -0.573. The van der Waals surface area contributed by atoms with Gasteiger partial charge in [0.2, 0.25) is 5.89 Å². The van der Waals surface area contributed by atoms with Crippen LogP contribution in [-0.4, -0.2) is 49.8 Å². The van der Waals surface area contributed by atoms with Gasteiger partial charge < -0.3 is 25.9 Å². The first kappa shape index (κ1) is 18.1. The first-order valence-electron chi connectivity index (χ1n) is 7.89. The van der Waals surface area contributed by atoms with Crippen molar-refractivity contribution in [3.05, 3.63) is 42.2 Å². The maximum atomic E-state index is 12.4. The number of oxazole rings is 1. The molecule has 0 aliphatic rings. The molecule has 0 bridgehead atoms. The fourth-order valence-electron chi connectivity index (χ4n) is 2.28. The molecule has 3 aromatic rings. The Labute approximate surface area is 153 Å². The lowest BCUT2D eigenvalue weighted by Gasteiger charge is -2.04. The molecule has 0 aromatic carbocycles. The van der Waals surface area contributed by atoms with Crippen LogP contribution in [-0.2, 0) is 7.05 Å². The van der Waals surface area contributed by atoms with Gasteiger partial charge in [0.15, 0.2) is 11.4 Å². The summed E-state index contributed by atoms with van der Waals surface area (Å²) in [5.41, 5.74) is 6.44. The van der Waals surface area contributed by atoms with E-state index in [1.807, 2.05) is 0 Å². The second kappa shape index (κ2) is 7.66. The predicted molar refractivity (Wildman–Crippen MR) is 94.7 cm³/mol. The number of hydrogen-bond donors (Lipinski definition) is 4. The normalized spacial score (nSPS) is 10.6. The first-order valence-corrected chi connectivity index (χ1v) is 7.89. The van der Waals surface area contributed by atoms with Crippen molar-refractivity contribution in [3.63, 3.8) is 0 Å². The van der Waals surface area contributed by atoms with Gasteiger partial charge in [-0.3, -0.25) is 14.3 Å². The Morgan fingerprint density at radius 2 is 2.19 bits per heavy atom. The lowest BCUT2D eigenvalue weighted by atomic mass is 10.2. The van der Waals surface area contributed by atoms with Crippen molar-refractivity contribution in [2.75, 3.05) is 24.2 Å². The zero-order chi connectivity index (χ0) is 19.4. The molecule has 0 aliphatic heterocycles. The third kappa shape index (κ3) is 4.10. The molecular formula is C16H17N7O4. The van der Waals surface area contributed by atoms with Crippen LogP contribution in [0.15, 0.2) is 35.2 Å². The van der Waals surface area contributed by atoms with Gasteiger partial charge in [0.05, 0.1) is 12.3 Å². The van der Waals surface area contributed by atoms with Crippen LogP contribution in [0, 0.1) is 0 Å². The molecule has 0 spiro atoms. The molecule has 2 amide bonds. The maximum Gasteiger partial charge on any atom is 0.277 e. The van der Waals surface area contributed by atoms with Gasteiger partial charge in [0.25, 0.3) is 11.8 Å². The second-order valence-electron chi connectivity index (χ2n) is 5.51.